The van der Waals surface area contributed by atoms with Crippen molar-refractivity contribution in [2.24, 2.45) is 4.99 Å². The molecule has 0 bridgehead atoms. The monoisotopic (exact) mass is 564 g/mol. The molecular weight excluding hydrogens is 536 g/mol. The molecule has 0 aliphatic carbocycles. The Morgan fingerprint density at radius 3 is 2.40 bits per heavy atom. The first-order chi connectivity index (χ1) is 13.7. The van der Waals surface area contributed by atoms with Crippen LogP contribution >= 0.6 is 24.0 Å². The summed E-state index contributed by atoms with van der Waals surface area (Å²) in [5.41, 5.74) is -5.25. The fraction of sp³-hybridized carbons (Fsp3) is 0.611. The molecule has 30 heavy (non-hydrogen) atoms. The molecule has 0 aromatic heterocycles. The van der Waals surface area contributed by atoms with Crippen LogP contribution in [0.15, 0.2) is 35.3 Å². The molecule has 7 nitrogen and oxygen atoms in total. The van der Waals surface area contributed by atoms with E-state index in [-0.39, 0.29) is 55.9 Å². The molecule has 12 heteroatoms. The number of para-hydroxylation sites is 1. The van der Waals surface area contributed by atoms with E-state index in [2.05, 4.69) is 15.6 Å². The molecule has 1 aliphatic heterocycles. The number of guanidine groups is 1. The van der Waals surface area contributed by atoms with Crippen LogP contribution in [0.5, 0.6) is 5.75 Å². The predicted molar refractivity (Wildman–Crippen MR) is 121 cm³/mol. The molecule has 0 saturated carbocycles. The van der Waals surface area contributed by atoms with Crippen LogP contribution in [-0.4, -0.2) is 63.5 Å². The van der Waals surface area contributed by atoms with Crippen LogP contribution in [0, 0.1) is 0 Å². The van der Waals surface area contributed by atoms with Gasteiger partial charge in [0, 0.05) is 32.7 Å². The van der Waals surface area contributed by atoms with Crippen LogP contribution in [-0.2, 0) is 10.0 Å². The Labute approximate surface area is 192 Å². The van der Waals surface area contributed by atoms with Crippen molar-refractivity contribution < 1.29 is 26.3 Å². The number of halogens is 4. The standard InChI is InChI=1S/C18H27F3N4O3S.HI/c1-22-17(23-11-5-6-14-28-16-7-3-2-4-8-16)24-15-9-12-25(13-10-15)29(26,27)18(19,20)21;/h2-4,7-8,15H,5-6,9-14H2,1H3,(H2,22,23,24);1H. The summed E-state index contributed by atoms with van der Waals surface area (Å²) in [6, 6.07) is 9.41. The number of rotatable bonds is 8. The van der Waals surface area contributed by atoms with Crippen LogP contribution < -0.4 is 15.4 Å². The van der Waals surface area contributed by atoms with Gasteiger partial charge in [0.15, 0.2) is 5.96 Å². The second-order valence-corrected chi connectivity index (χ2v) is 8.57. The molecule has 0 amide bonds. The number of nitrogens with one attached hydrogen (secondary N) is 2. The van der Waals surface area contributed by atoms with Gasteiger partial charge < -0.3 is 15.4 Å². The Kier molecular flexibility index (Phi) is 11.2. The van der Waals surface area contributed by atoms with Crippen LogP contribution in [0.25, 0.3) is 0 Å². The zero-order valence-electron chi connectivity index (χ0n) is 16.7. The first-order valence-corrected chi connectivity index (χ1v) is 10.9. The van der Waals surface area contributed by atoms with Gasteiger partial charge in [0.2, 0.25) is 0 Å². The van der Waals surface area contributed by atoms with Gasteiger partial charge in [0.1, 0.15) is 5.75 Å². The first-order valence-electron chi connectivity index (χ1n) is 9.45. The lowest BCUT2D eigenvalue weighted by molar-refractivity contribution is -0.0494. The van der Waals surface area contributed by atoms with Crippen LogP contribution in [0.3, 0.4) is 0 Å². The highest BCUT2D eigenvalue weighted by Crippen LogP contribution is 2.28. The normalized spacial score (nSPS) is 16.6. The fourth-order valence-electron chi connectivity index (χ4n) is 2.92. The molecule has 1 saturated heterocycles. The smallest absolute Gasteiger partial charge is 0.494 e. The molecule has 1 fully saturated rings. The van der Waals surface area contributed by atoms with E-state index in [9.17, 15) is 21.6 Å². The van der Waals surface area contributed by atoms with Gasteiger partial charge >= 0.3 is 15.5 Å². The second-order valence-electron chi connectivity index (χ2n) is 6.64. The van der Waals surface area contributed by atoms with Gasteiger partial charge in [-0.15, -0.1) is 24.0 Å². The summed E-state index contributed by atoms with van der Waals surface area (Å²) in [6.45, 7) is 0.920. The molecule has 172 valence electrons. The van der Waals surface area contributed by atoms with Crippen LogP contribution in [0.2, 0.25) is 0 Å². The molecular formula is C18H28F3IN4O3S. The van der Waals surface area contributed by atoms with E-state index in [0.29, 0.717) is 23.4 Å². The highest BCUT2D eigenvalue weighted by atomic mass is 127. The quantitative estimate of drug-likeness (QED) is 0.220. The summed E-state index contributed by atoms with van der Waals surface area (Å²) in [7, 11) is -3.64. The van der Waals surface area contributed by atoms with Gasteiger partial charge in [-0.3, -0.25) is 4.99 Å². The largest absolute Gasteiger partial charge is 0.511 e. The lowest BCUT2D eigenvalue weighted by Gasteiger charge is -2.32. The van der Waals surface area contributed by atoms with Crippen molar-refractivity contribution in [1.82, 2.24) is 14.9 Å². The lowest BCUT2D eigenvalue weighted by atomic mass is 10.1. The SMILES string of the molecule is CN=C(NCCCCOc1ccccc1)NC1CCN(S(=O)(=O)C(F)(F)F)CC1.I. The molecule has 0 unspecified atom stereocenters. The van der Waals surface area contributed by atoms with Gasteiger partial charge in [-0.05, 0) is 37.8 Å². The minimum Gasteiger partial charge on any atom is -0.494 e. The van der Waals surface area contributed by atoms with Crippen molar-refractivity contribution in [3.63, 3.8) is 0 Å². The number of aliphatic imine (C=N–C) groups is 1. The number of hydrogen-bond donors (Lipinski definition) is 2. The molecule has 1 heterocycles. The van der Waals surface area contributed by atoms with E-state index in [1.54, 1.807) is 7.05 Å². The van der Waals surface area contributed by atoms with E-state index in [1.807, 2.05) is 30.3 Å². The maximum Gasteiger partial charge on any atom is 0.511 e. The summed E-state index contributed by atoms with van der Waals surface area (Å²) >= 11 is 0. The molecule has 1 aromatic rings. The van der Waals surface area contributed by atoms with Crippen molar-refractivity contribution in [3.8, 4) is 5.75 Å². The first kappa shape index (κ1) is 26.8. The van der Waals surface area contributed by atoms with Crippen molar-refractivity contribution >= 4 is 40.0 Å². The van der Waals surface area contributed by atoms with E-state index in [0.717, 1.165) is 18.6 Å². The summed E-state index contributed by atoms with van der Waals surface area (Å²) in [6.07, 6.45) is 2.27. The summed E-state index contributed by atoms with van der Waals surface area (Å²) in [4.78, 5) is 4.11. The van der Waals surface area contributed by atoms with E-state index in [4.69, 9.17) is 4.74 Å². The molecule has 0 spiro atoms. The number of sulfonamides is 1. The number of hydrogen-bond acceptors (Lipinski definition) is 4. The Bertz CT molecular complexity index is 756. The Balaban J connectivity index is 0.00000450. The maximum absolute atomic E-state index is 12.6. The molecule has 2 rings (SSSR count). The third-order valence-electron chi connectivity index (χ3n) is 4.53. The van der Waals surface area contributed by atoms with Gasteiger partial charge in [0.25, 0.3) is 0 Å². The number of piperidine rings is 1. The van der Waals surface area contributed by atoms with Crippen LogP contribution in [0.1, 0.15) is 25.7 Å². The predicted octanol–water partition coefficient (Wildman–Crippen LogP) is 2.94. The highest BCUT2D eigenvalue weighted by Gasteiger charge is 2.50. The van der Waals surface area contributed by atoms with Crippen molar-refractivity contribution in [2.45, 2.75) is 37.2 Å². The summed E-state index contributed by atoms with van der Waals surface area (Å²) < 4.78 is 66.9. The highest BCUT2D eigenvalue weighted by molar-refractivity contribution is 14.0. The van der Waals surface area contributed by atoms with E-state index >= 15 is 0 Å². The third kappa shape index (κ3) is 8.10. The third-order valence-corrected chi connectivity index (χ3v) is 6.16. The number of ether oxygens (including phenoxy) is 1. The summed E-state index contributed by atoms with van der Waals surface area (Å²) in [5.74, 6) is 1.38. The van der Waals surface area contributed by atoms with Gasteiger partial charge in [-0.2, -0.15) is 17.5 Å². The van der Waals surface area contributed by atoms with Crippen molar-refractivity contribution in [2.75, 3.05) is 33.3 Å². The summed E-state index contributed by atoms with van der Waals surface area (Å²) in [5, 5.41) is 6.29. The van der Waals surface area contributed by atoms with Gasteiger partial charge in [-0.1, -0.05) is 18.2 Å². The van der Waals surface area contributed by atoms with Crippen molar-refractivity contribution in [3.05, 3.63) is 30.3 Å². The van der Waals surface area contributed by atoms with Gasteiger partial charge in [0.05, 0.1) is 6.61 Å². The second kappa shape index (κ2) is 12.5. The zero-order chi connectivity index (χ0) is 21.3. The Hall–Kier alpha value is -1.28. The number of nitrogens with zero attached hydrogens (tertiary/aromatic N) is 2. The molecule has 1 aliphatic rings. The van der Waals surface area contributed by atoms with Gasteiger partial charge in [-0.25, -0.2) is 8.42 Å². The molecule has 1 aromatic carbocycles. The van der Waals surface area contributed by atoms with E-state index < -0.39 is 15.5 Å². The Morgan fingerprint density at radius 2 is 1.83 bits per heavy atom. The topological polar surface area (TPSA) is 83.0 Å². The zero-order valence-corrected chi connectivity index (χ0v) is 19.8. The average molecular weight is 564 g/mol. The number of alkyl halides is 3. The average Bonchev–Trinajstić information content (AvgIpc) is 2.70. The number of benzene rings is 1. The minimum atomic E-state index is -5.25. The number of unbranched alkanes of at least 4 members (excludes halogenated alkanes) is 1. The lowest BCUT2D eigenvalue weighted by Crippen LogP contribution is -2.51. The molecule has 0 radical (unpaired) electrons. The molecule has 0 atom stereocenters. The fourth-order valence-corrected chi connectivity index (χ4v) is 3.90. The molecule has 2 N–H and O–H groups in total. The Morgan fingerprint density at radius 1 is 1.20 bits per heavy atom. The maximum atomic E-state index is 12.6. The van der Waals surface area contributed by atoms with E-state index in [1.165, 1.54) is 0 Å². The van der Waals surface area contributed by atoms with Crippen molar-refractivity contribution in [1.29, 1.82) is 0 Å². The van der Waals surface area contributed by atoms with Crippen LogP contribution in [0.4, 0.5) is 13.2 Å². The minimum absolute atomic E-state index is 0.